The average molecular weight is 521 g/mol. The van der Waals surface area contributed by atoms with Gasteiger partial charge in [0, 0.05) is 27.7 Å². The van der Waals surface area contributed by atoms with Gasteiger partial charge < -0.3 is 10.1 Å². The molecule has 188 valence electrons. The predicted molar refractivity (Wildman–Crippen MR) is 137 cm³/mol. The van der Waals surface area contributed by atoms with Crippen LogP contribution in [0.1, 0.15) is 65.0 Å². The number of halogens is 3. The topological polar surface area (TPSA) is 67.4 Å². The number of fused-ring (bicyclic) bond motifs is 2. The number of amides is 1. The molecular weight excluding hydrogens is 490 g/mol. The molecule has 2 aromatic rings. The summed E-state index contributed by atoms with van der Waals surface area (Å²) in [5, 5.41) is 7.09. The van der Waals surface area contributed by atoms with Crippen LogP contribution in [0.25, 0.3) is 0 Å². The highest BCUT2D eigenvalue weighted by atomic mass is 35.5. The van der Waals surface area contributed by atoms with Gasteiger partial charge >= 0.3 is 5.97 Å². The summed E-state index contributed by atoms with van der Waals surface area (Å²) in [5.41, 5.74) is -0.404. The maximum atomic E-state index is 14.6. The van der Waals surface area contributed by atoms with E-state index < -0.39 is 40.8 Å². The van der Waals surface area contributed by atoms with Crippen molar-refractivity contribution < 1.29 is 18.7 Å². The van der Waals surface area contributed by atoms with E-state index in [0.29, 0.717) is 28.3 Å². The number of ether oxygens (including phenoxy) is 1. The van der Waals surface area contributed by atoms with Crippen molar-refractivity contribution in [1.29, 1.82) is 0 Å². The minimum atomic E-state index is -1.22. The van der Waals surface area contributed by atoms with Crippen LogP contribution in [-0.4, -0.2) is 29.6 Å². The Labute approximate surface area is 215 Å². The number of carbonyl (C=O) groups is 2. The first-order chi connectivity index (χ1) is 16.1. The standard InChI is InChI=1S/C27H31Cl2FN2O3/c1-25(2,3)13-20-27(18-8-7-15(28)12-19(18)31-24(27)34)21(14-9-16(29)11-17(30)10-14)22(32-20)23(33)35-26(4,5)6/h7-12,20-22,32H,13H2,1-6H3,(H,31,34)/t20-,21-,22?,27?/m0/s1. The molecule has 2 heterocycles. The molecule has 1 amide bonds. The Balaban J connectivity index is 2.00. The number of benzene rings is 2. The van der Waals surface area contributed by atoms with Crippen LogP contribution in [0.15, 0.2) is 36.4 Å². The number of rotatable bonds is 3. The Hall–Kier alpha value is -2.15. The minimum absolute atomic E-state index is 0.187. The van der Waals surface area contributed by atoms with Crippen LogP contribution in [0.3, 0.4) is 0 Å². The number of esters is 1. The molecule has 5 nitrogen and oxygen atoms in total. The van der Waals surface area contributed by atoms with Crippen LogP contribution < -0.4 is 10.6 Å². The maximum absolute atomic E-state index is 14.6. The lowest BCUT2D eigenvalue weighted by atomic mass is 9.62. The second kappa shape index (κ2) is 8.75. The van der Waals surface area contributed by atoms with Crippen molar-refractivity contribution in [3.05, 3.63) is 63.4 Å². The van der Waals surface area contributed by atoms with E-state index in [4.69, 9.17) is 27.9 Å². The SMILES string of the molecule is CC(C)(C)C[C@@H]1NC(C(=O)OC(C)(C)C)[C@H](c2cc(F)cc(Cl)c2)C12C(=O)Nc1cc(Cl)ccc12. The Kier molecular flexibility index (Phi) is 6.48. The van der Waals surface area contributed by atoms with Crippen molar-refractivity contribution in [3.8, 4) is 0 Å². The van der Waals surface area contributed by atoms with Crippen LogP contribution >= 0.6 is 23.2 Å². The van der Waals surface area contributed by atoms with Crippen LogP contribution in [0.2, 0.25) is 10.0 Å². The minimum Gasteiger partial charge on any atom is -0.459 e. The van der Waals surface area contributed by atoms with Crippen LogP contribution in [0, 0.1) is 11.2 Å². The summed E-state index contributed by atoms with van der Waals surface area (Å²) >= 11 is 12.5. The van der Waals surface area contributed by atoms with E-state index in [1.54, 1.807) is 39.0 Å². The molecule has 8 heteroatoms. The van der Waals surface area contributed by atoms with Gasteiger partial charge in [0.2, 0.25) is 5.91 Å². The summed E-state index contributed by atoms with van der Waals surface area (Å²) in [7, 11) is 0. The first-order valence-corrected chi connectivity index (χ1v) is 12.4. The largest absolute Gasteiger partial charge is 0.459 e. The molecule has 1 saturated heterocycles. The van der Waals surface area contributed by atoms with Crippen LogP contribution in [0.4, 0.5) is 10.1 Å². The molecule has 0 radical (unpaired) electrons. The van der Waals surface area contributed by atoms with Gasteiger partial charge in [-0.2, -0.15) is 0 Å². The summed E-state index contributed by atoms with van der Waals surface area (Å²) < 4.78 is 20.4. The van der Waals surface area contributed by atoms with Gasteiger partial charge in [-0.25, -0.2) is 4.39 Å². The predicted octanol–water partition coefficient (Wildman–Crippen LogP) is 6.22. The van der Waals surface area contributed by atoms with Gasteiger partial charge in [-0.15, -0.1) is 0 Å². The van der Waals surface area contributed by atoms with Gasteiger partial charge in [-0.1, -0.05) is 50.0 Å². The fourth-order valence-electron chi connectivity index (χ4n) is 5.52. The lowest BCUT2D eigenvalue weighted by molar-refractivity contribution is -0.157. The van der Waals surface area contributed by atoms with Gasteiger partial charge in [0.15, 0.2) is 0 Å². The second-order valence-electron chi connectivity index (χ2n) is 11.7. The second-order valence-corrected chi connectivity index (χ2v) is 12.6. The Morgan fingerprint density at radius 3 is 2.34 bits per heavy atom. The lowest BCUT2D eigenvalue weighted by Crippen LogP contribution is -2.49. The van der Waals surface area contributed by atoms with Crippen molar-refractivity contribution in [2.75, 3.05) is 5.32 Å². The highest BCUT2D eigenvalue weighted by Gasteiger charge is 2.66. The lowest BCUT2D eigenvalue weighted by Gasteiger charge is -2.37. The van der Waals surface area contributed by atoms with Gasteiger partial charge in [-0.05, 0) is 74.1 Å². The number of hydrogen-bond donors (Lipinski definition) is 2. The van der Waals surface area contributed by atoms with Gasteiger partial charge in [0.1, 0.15) is 22.9 Å². The van der Waals surface area contributed by atoms with E-state index in [-0.39, 0.29) is 16.3 Å². The van der Waals surface area contributed by atoms with E-state index >= 15 is 0 Å². The van der Waals surface area contributed by atoms with E-state index in [9.17, 15) is 14.0 Å². The Morgan fingerprint density at radius 2 is 1.74 bits per heavy atom. The van der Waals surface area contributed by atoms with E-state index in [0.717, 1.165) is 0 Å². The highest BCUT2D eigenvalue weighted by molar-refractivity contribution is 6.31. The third-order valence-corrected chi connectivity index (χ3v) is 6.98. The molecule has 0 saturated carbocycles. The van der Waals surface area contributed by atoms with Crippen molar-refractivity contribution in [2.45, 2.75) is 77.0 Å². The number of anilines is 1. The summed E-state index contributed by atoms with van der Waals surface area (Å²) in [6, 6.07) is 8.06. The molecule has 2 aliphatic rings. The molecule has 2 unspecified atom stereocenters. The van der Waals surface area contributed by atoms with Crippen molar-refractivity contribution in [2.24, 2.45) is 5.41 Å². The van der Waals surface area contributed by atoms with Crippen LogP contribution in [0.5, 0.6) is 0 Å². The monoisotopic (exact) mass is 520 g/mol. The van der Waals surface area contributed by atoms with Gasteiger partial charge in [-0.3, -0.25) is 14.9 Å². The van der Waals surface area contributed by atoms with Crippen molar-refractivity contribution in [3.63, 3.8) is 0 Å². The molecule has 1 fully saturated rings. The molecule has 4 atom stereocenters. The van der Waals surface area contributed by atoms with E-state index in [1.807, 2.05) is 6.07 Å². The highest BCUT2D eigenvalue weighted by Crippen LogP contribution is 2.57. The van der Waals surface area contributed by atoms with Gasteiger partial charge in [0.05, 0.1) is 0 Å². The molecule has 0 aromatic heterocycles. The van der Waals surface area contributed by atoms with Gasteiger partial charge in [0.25, 0.3) is 0 Å². The average Bonchev–Trinajstić information content (AvgIpc) is 3.14. The molecule has 35 heavy (non-hydrogen) atoms. The summed E-state index contributed by atoms with van der Waals surface area (Å²) in [6.45, 7) is 11.6. The van der Waals surface area contributed by atoms with Crippen molar-refractivity contribution >= 4 is 40.8 Å². The molecule has 2 aliphatic heterocycles. The smallest absolute Gasteiger partial charge is 0.324 e. The molecule has 0 bridgehead atoms. The fraction of sp³-hybridized carbons (Fsp3) is 0.481. The molecule has 1 spiro atoms. The molecule has 2 aromatic carbocycles. The molecular formula is C27H31Cl2FN2O3. The zero-order chi connectivity index (χ0) is 25.9. The van der Waals surface area contributed by atoms with E-state index in [1.165, 1.54) is 12.1 Å². The molecule has 2 N–H and O–H groups in total. The molecule has 4 rings (SSSR count). The summed E-state index contributed by atoms with van der Waals surface area (Å²) in [6.07, 6.45) is 0.571. The first kappa shape index (κ1) is 25.9. The Bertz CT molecular complexity index is 1170. The quantitative estimate of drug-likeness (QED) is 0.471. The zero-order valence-electron chi connectivity index (χ0n) is 20.8. The number of nitrogens with one attached hydrogen (secondary N) is 2. The van der Waals surface area contributed by atoms with Crippen LogP contribution in [-0.2, 0) is 19.7 Å². The summed E-state index contributed by atoms with van der Waals surface area (Å²) in [4.78, 5) is 27.6. The molecule has 0 aliphatic carbocycles. The Morgan fingerprint density at radius 1 is 1.06 bits per heavy atom. The third-order valence-electron chi connectivity index (χ3n) is 6.53. The third kappa shape index (κ3) is 4.81. The zero-order valence-corrected chi connectivity index (χ0v) is 22.3. The van der Waals surface area contributed by atoms with E-state index in [2.05, 4.69) is 31.4 Å². The van der Waals surface area contributed by atoms with Crippen molar-refractivity contribution in [1.82, 2.24) is 5.32 Å². The number of carbonyl (C=O) groups excluding carboxylic acids is 2. The first-order valence-electron chi connectivity index (χ1n) is 11.7. The normalized spacial score (nSPS) is 26.1. The fourth-order valence-corrected chi connectivity index (χ4v) is 5.92. The number of hydrogen-bond acceptors (Lipinski definition) is 4. The maximum Gasteiger partial charge on any atom is 0.324 e. The summed E-state index contributed by atoms with van der Waals surface area (Å²) in [5.74, 6) is -2.10.